The molecule has 0 amide bonds. The maximum Gasteiger partial charge on any atom is 0.141 e. The Hall–Kier alpha value is -2.33. The van der Waals surface area contributed by atoms with Crippen LogP contribution in [0.15, 0.2) is 54.9 Å². The molecular weight excluding hydrogens is 265 g/mol. The number of aromatic nitrogens is 2. The van der Waals surface area contributed by atoms with Crippen molar-refractivity contribution in [3.8, 4) is 0 Å². The molecule has 1 aromatic carbocycles. The van der Waals surface area contributed by atoms with Gasteiger partial charge in [-0.3, -0.25) is 9.97 Å². The van der Waals surface area contributed by atoms with E-state index in [1.165, 1.54) is 12.3 Å². The van der Waals surface area contributed by atoms with Gasteiger partial charge in [-0.15, -0.1) is 0 Å². The van der Waals surface area contributed by atoms with Gasteiger partial charge in [0.05, 0.1) is 23.4 Å². The summed E-state index contributed by atoms with van der Waals surface area (Å²) in [6, 6.07) is 13.2. The van der Waals surface area contributed by atoms with Gasteiger partial charge in [-0.25, -0.2) is 4.39 Å². The molecule has 0 bridgehead atoms. The number of hydrogen-bond acceptors (Lipinski definition) is 3. The Morgan fingerprint density at radius 3 is 2.81 bits per heavy atom. The Labute approximate surface area is 122 Å². The van der Waals surface area contributed by atoms with Gasteiger partial charge in [0.25, 0.3) is 0 Å². The van der Waals surface area contributed by atoms with E-state index in [1.807, 2.05) is 31.2 Å². The van der Waals surface area contributed by atoms with Crippen LogP contribution in [0, 0.1) is 5.82 Å². The van der Waals surface area contributed by atoms with E-state index in [0.29, 0.717) is 0 Å². The van der Waals surface area contributed by atoms with Crippen molar-refractivity contribution in [1.82, 2.24) is 15.3 Å². The number of benzene rings is 1. The van der Waals surface area contributed by atoms with Gasteiger partial charge in [0.1, 0.15) is 5.82 Å². The summed E-state index contributed by atoms with van der Waals surface area (Å²) < 4.78 is 13.1. The van der Waals surface area contributed by atoms with Gasteiger partial charge >= 0.3 is 0 Å². The van der Waals surface area contributed by atoms with E-state index in [1.54, 1.807) is 12.3 Å². The van der Waals surface area contributed by atoms with E-state index >= 15 is 0 Å². The molecule has 3 aromatic rings. The largest absolute Gasteiger partial charge is 0.305 e. The summed E-state index contributed by atoms with van der Waals surface area (Å²) in [7, 11) is 0. The molecule has 106 valence electrons. The molecule has 0 saturated carbocycles. The minimum absolute atomic E-state index is 0.0554. The van der Waals surface area contributed by atoms with E-state index in [-0.39, 0.29) is 11.9 Å². The van der Waals surface area contributed by atoms with Crippen molar-refractivity contribution >= 4 is 10.9 Å². The van der Waals surface area contributed by atoms with Gasteiger partial charge in [0, 0.05) is 11.6 Å². The van der Waals surface area contributed by atoms with Gasteiger partial charge in [0.2, 0.25) is 0 Å². The molecule has 3 rings (SSSR count). The molecule has 2 aromatic heterocycles. The molecule has 0 fully saturated rings. The first-order valence-corrected chi connectivity index (χ1v) is 6.97. The Morgan fingerprint density at radius 2 is 2.05 bits per heavy atom. The van der Waals surface area contributed by atoms with Gasteiger partial charge < -0.3 is 5.32 Å². The van der Waals surface area contributed by atoms with Crippen LogP contribution in [0.4, 0.5) is 4.39 Å². The highest BCUT2D eigenvalue weighted by molar-refractivity contribution is 5.79. The van der Waals surface area contributed by atoms with Crippen molar-refractivity contribution in [3.63, 3.8) is 0 Å². The molecule has 4 heteroatoms. The molecular formula is C17H16FN3. The van der Waals surface area contributed by atoms with Gasteiger partial charge in [-0.2, -0.15) is 0 Å². The number of halogens is 1. The zero-order valence-corrected chi connectivity index (χ0v) is 11.8. The Kier molecular flexibility index (Phi) is 3.88. The topological polar surface area (TPSA) is 37.8 Å². The Morgan fingerprint density at radius 1 is 1.14 bits per heavy atom. The van der Waals surface area contributed by atoms with Crippen molar-refractivity contribution in [1.29, 1.82) is 0 Å². The van der Waals surface area contributed by atoms with Crippen LogP contribution >= 0.6 is 0 Å². The van der Waals surface area contributed by atoms with E-state index in [4.69, 9.17) is 0 Å². The van der Waals surface area contributed by atoms with Crippen molar-refractivity contribution < 1.29 is 4.39 Å². The lowest BCUT2D eigenvalue weighted by Crippen LogP contribution is -2.23. The average molecular weight is 281 g/mol. The summed E-state index contributed by atoms with van der Waals surface area (Å²) in [5.41, 5.74) is 2.86. The van der Waals surface area contributed by atoms with Crippen LogP contribution in [0.2, 0.25) is 0 Å². The minimum atomic E-state index is -0.322. The maximum atomic E-state index is 13.1. The molecule has 1 unspecified atom stereocenters. The lowest BCUT2D eigenvalue weighted by Gasteiger charge is -2.18. The molecule has 0 aliphatic heterocycles. The van der Waals surface area contributed by atoms with Crippen molar-refractivity contribution in [2.75, 3.05) is 6.54 Å². The predicted octanol–water partition coefficient (Wildman–Crippen LogP) is 3.47. The molecule has 2 heterocycles. The second-order valence-corrected chi connectivity index (χ2v) is 4.85. The number of rotatable bonds is 4. The van der Waals surface area contributed by atoms with Crippen LogP contribution in [0.1, 0.15) is 24.2 Å². The monoisotopic (exact) mass is 281 g/mol. The fraction of sp³-hybridized carbons (Fsp3) is 0.176. The Balaban J connectivity index is 2.04. The average Bonchev–Trinajstić information content (AvgIpc) is 2.53. The Bertz CT molecular complexity index is 740. The summed E-state index contributed by atoms with van der Waals surface area (Å²) >= 11 is 0. The summed E-state index contributed by atoms with van der Waals surface area (Å²) in [6.45, 7) is 2.84. The molecule has 0 spiro atoms. The van der Waals surface area contributed by atoms with Crippen LogP contribution in [0.25, 0.3) is 10.9 Å². The first kappa shape index (κ1) is 13.6. The molecule has 3 nitrogen and oxygen atoms in total. The van der Waals surface area contributed by atoms with E-state index < -0.39 is 0 Å². The summed E-state index contributed by atoms with van der Waals surface area (Å²) in [5, 5.41) is 4.48. The second-order valence-electron chi connectivity index (χ2n) is 4.85. The van der Waals surface area contributed by atoms with E-state index in [9.17, 15) is 4.39 Å². The van der Waals surface area contributed by atoms with Crippen molar-refractivity contribution in [2.45, 2.75) is 13.0 Å². The molecule has 0 radical (unpaired) electrons. The normalized spacial score (nSPS) is 12.5. The molecule has 1 N–H and O–H groups in total. The van der Waals surface area contributed by atoms with Crippen molar-refractivity contribution in [2.24, 2.45) is 0 Å². The number of hydrogen-bond donors (Lipinski definition) is 1. The number of fused-ring (bicyclic) bond motifs is 1. The molecule has 21 heavy (non-hydrogen) atoms. The summed E-state index contributed by atoms with van der Waals surface area (Å²) in [6.07, 6.45) is 3.04. The second kappa shape index (κ2) is 5.97. The van der Waals surface area contributed by atoms with Gasteiger partial charge in [-0.05, 0) is 42.4 Å². The van der Waals surface area contributed by atoms with Crippen LogP contribution in [-0.2, 0) is 0 Å². The standard InChI is InChI=1S/C17H16FN3/c1-2-19-17(16-8-6-14(18)11-21-16)13-5-7-15-12(10-13)4-3-9-20-15/h3-11,17,19H,2H2,1H3. The van der Waals surface area contributed by atoms with E-state index in [0.717, 1.165) is 28.7 Å². The SMILES string of the molecule is CCNC(c1ccc2ncccc2c1)c1ccc(F)cn1. The van der Waals surface area contributed by atoms with Crippen molar-refractivity contribution in [3.05, 3.63) is 71.9 Å². The maximum absolute atomic E-state index is 13.1. The summed E-state index contributed by atoms with van der Waals surface area (Å²) in [5.74, 6) is -0.322. The zero-order chi connectivity index (χ0) is 14.7. The quantitative estimate of drug-likeness (QED) is 0.795. The van der Waals surface area contributed by atoms with Crippen LogP contribution in [-0.4, -0.2) is 16.5 Å². The third-order valence-electron chi connectivity index (χ3n) is 3.41. The number of nitrogens with zero attached hydrogens (tertiary/aromatic N) is 2. The molecule has 0 saturated heterocycles. The molecule has 0 aliphatic carbocycles. The van der Waals surface area contributed by atoms with E-state index in [2.05, 4.69) is 21.4 Å². The van der Waals surface area contributed by atoms with Crippen LogP contribution in [0.3, 0.4) is 0 Å². The lowest BCUT2D eigenvalue weighted by atomic mass is 10.0. The highest BCUT2D eigenvalue weighted by Gasteiger charge is 2.15. The third-order valence-corrected chi connectivity index (χ3v) is 3.41. The minimum Gasteiger partial charge on any atom is -0.305 e. The fourth-order valence-electron chi connectivity index (χ4n) is 2.43. The van der Waals surface area contributed by atoms with Gasteiger partial charge in [0.15, 0.2) is 0 Å². The fourth-order valence-corrected chi connectivity index (χ4v) is 2.43. The predicted molar refractivity (Wildman–Crippen MR) is 81.5 cm³/mol. The number of pyridine rings is 2. The molecule has 1 atom stereocenters. The smallest absolute Gasteiger partial charge is 0.141 e. The van der Waals surface area contributed by atoms with Crippen LogP contribution in [0.5, 0.6) is 0 Å². The molecule has 0 aliphatic rings. The first-order chi connectivity index (χ1) is 10.3. The third kappa shape index (κ3) is 2.90. The first-order valence-electron chi connectivity index (χ1n) is 6.97. The van der Waals surface area contributed by atoms with Crippen LogP contribution < -0.4 is 5.32 Å². The zero-order valence-electron chi connectivity index (χ0n) is 11.8. The summed E-state index contributed by atoms with van der Waals surface area (Å²) in [4.78, 5) is 8.53. The number of nitrogens with one attached hydrogen (secondary N) is 1. The highest BCUT2D eigenvalue weighted by atomic mass is 19.1. The lowest BCUT2D eigenvalue weighted by molar-refractivity contribution is 0.595. The van der Waals surface area contributed by atoms with Gasteiger partial charge in [-0.1, -0.05) is 19.1 Å². The highest BCUT2D eigenvalue weighted by Crippen LogP contribution is 2.23.